The third kappa shape index (κ3) is 3.46. The van der Waals surface area contributed by atoms with Crippen LogP contribution >= 0.6 is 11.8 Å². The third-order valence-corrected chi connectivity index (χ3v) is 4.89. The van der Waals surface area contributed by atoms with Gasteiger partial charge in [0.1, 0.15) is 5.82 Å². The monoisotopic (exact) mass is 254 g/mol. The molecule has 1 saturated heterocycles. The average molecular weight is 254 g/mol. The van der Waals surface area contributed by atoms with Crippen LogP contribution in [0.15, 0.2) is 18.2 Å². The molecule has 1 aliphatic rings. The lowest BCUT2D eigenvalue weighted by atomic mass is 9.98. The van der Waals surface area contributed by atoms with Gasteiger partial charge in [0.15, 0.2) is 0 Å². The van der Waals surface area contributed by atoms with Crippen molar-refractivity contribution in [3.8, 4) is 0 Å². The maximum absolute atomic E-state index is 13.2. The van der Waals surface area contributed by atoms with Crippen molar-refractivity contribution < 1.29 is 9.50 Å². The van der Waals surface area contributed by atoms with E-state index >= 15 is 0 Å². The molecule has 1 aromatic carbocycles. The minimum Gasteiger partial charge on any atom is -0.392 e. The molecule has 0 spiro atoms. The Hall–Kier alpha value is -0.540. The zero-order chi connectivity index (χ0) is 12.3. The van der Waals surface area contributed by atoms with Gasteiger partial charge in [0.2, 0.25) is 0 Å². The first-order chi connectivity index (χ1) is 8.16. The minimum absolute atomic E-state index is 0.214. The van der Waals surface area contributed by atoms with Crippen LogP contribution in [0, 0.1) is 12.7 Å². The second-order valence-electron chi connectivity index (χ2n) is 4.75. The number of aliphatic hydroxyl groups excluding tert-OH is 1. The summed E-state index contributed by atoms with van der Waals surface area (Å²) in [5, 5.41) is 10.5. The summed E-state index contributed by atoms with van der Waals surface area (Å²) in [5.41, 5.74) is 2.00. The van der Waals surface area contributed by atoms with Crippen LogP contribution in [0.4, 0.5) is 4.39 Å². The van der Waals surface area contributed by atoms with Gasteiger partial charge in [-0.1, -0.05) is 12.5 Å². The normalized spacial score (nSPS) is 22.4. The van der Waals surface area contributed by atoms with Gasteiger partial charge in [0.05, 0.1) is 6.10 Å². The van der Waals surface area contributed by atoms with Crippen molar-refractivity contribution in [3.63, 3.8) is 0 Å². The predicted molar refractivity (Wildman–Crippen MR) is 70.9 cm³/mol. The average Bonchev–Trinajstić information content (AvgIpc) is 2.35. The van der Waals surface area contributed by atoms with Crippen LogP contribution in [0.5, 0.6) is 0 Å². The topological polar surface area (TPSA) is 20.2 Å². The van der Waals surface area contributed by atoms with E-state index in [1.165, 1.54) is 18.9 Å². The van der Waals surface area contributed by atoms with E-state index in [1.807, 2.05) is 18.7 Å². The zero-order valence-electron chi connectivity index (χ0n) is 10.2. The zero-order valence-corrected chi connectivity index (χ0v) is 11.0. The van der Waals surface area contributed by atoms with Crippen molar-refractivity contribution in [2.75, 3.05) is 5.75 Å². The van der Waals surface area contributed by atoms with Crippen LogP contribution in [-0.2, 0) is 6.42 Å². The van der Waals surface area contributed by atoms with Crippen LogP contribution in [0.1, 0.15) is 30.4 Å². The summed E-state index contributed by atoms with van der Waals surface area (Å²) in [6, 6.07) is 4.80. The number of thioether (sulfide) groups is 1. The lowest BCUT2D eigenvalue weighted by molar-refractivity contribution is 0.166. The summed E-state index contributed by atoms with van der Waals surface area (Å²) in [4.78, 5) is 0. The van der Waals surface area contributed by atoms with E-state index in [1.54, 1.807) is 12.1 Å². The predicted octanol–water partition coefficient (Wildman–Crippen LogP) is 3.32. The highest BCUT2D eigenvalue weighted by atomic mass is 32.2. The molecule has 1 fully saturated rings. The molecule has 1 heterocycles. The quantitative estimate of drug-likeness (QED) is 0.893. The van der Waals surface area contributed by atoms with E-state index in [2.05, 4.69) is 0 Å². The maximum atomic E-state index is 13.2. The molecule has 0 aromatic heterocycles. The van der Waals surface area contributed by atoms with Crippen molar-refractivity contribution >= 4 is 11.8 Å². The van der Waals surface area contributed by atoms with E-state index in [9.17, 15) is 9.50 Å². The molecule has 94 valence electrons. The second-order valence-corrected chi connectivity index (χ2v) is 6.09. The maximum Gasteiger partial charge on any atom is 0.123 e. The summed E-state index contributed by atoms with van der Waals surface area (Å²) in [6.45, 7) is 1.97. The fraction of sp³-hybridized carbons (Fsp3) is 0.571. The summed E-state index contributed by atoms with van der Waals surface area (Å²) in [5.74, 6) is 0.929. The van der Waals surface area contributed by atoms with Gasteiger partial charge in [-0.3, -0.25) is 0 Å². The Kier molecular flexibility index (Phi) is 4.46. The first-order valence-electron chi connectivity index (χ1n) is 6.21. The van der Waals surface area contributed by atoms with E-state index in [4.69, 9.17) is 0 Å². The number of halogens is 1. The Morgan fingerprint density at radius 3 is 3.00 bits per heavy atom. The fourth-order valence-electron chi connectivity index (χ4n) is 2.29. The van der Waals surface area contributed by atoms with Crippen molar-refractivity contribution in [1.82, 2.24) is 0 Å². The Balaban J connectivity index is 2.01. The SMILES string of the molecule is Cc1ccc(F)cc1CC(O)C1CCCCS1. The van der Waals surface area contributed by atoms with Gasteiger partial charge in [0, 0.05) is 5.25 Å². The van der Waals surface area contributed by atoms with Crippen LogP contribution in [0.2, 0.25) is 0 Å². The molecule has 0 saturated carbocycles. The molecule has 0 bridgehead atoms. The molecule has 1 aliphatic heterocycles. The van der Waals surface area contributed by atoms with Crippen LogP contribution in [0.3, 0.4) is 0 Å². The Morgan fingerprint density at radius 1 is 1.47 bits per heavy atom. The minimum atomic E-state index is -0.346. The van der Waals surface area contributed by atoms with Gasteiger partial charge < -0.3 is 5.11 Å². The second kappa shape index (κ2) is 5.87. The van der Waals surface area contributed by atoms with Crippen LogP contribution in [-0.4, -0.2) is 22.2 Å². The van der Waals surface area contributed by atoms with Crippen LogP contribution < -0.4 is 0 Å². The summed E-state index contributed by atoms with van der Waals surface area (Å²) in [6.07, 6.45) is 3.77. The molecule has 2 rings (SSSR count). The third-order valence-electron chi connectivity index (χ3n) is 3.38. The molecule has 0 radical (unpaired) electrons. The molecular weight excluding hydrogens is 235 g/mol. The largest absolute Gasteiger partial charge is 0.392 e. The van der Waals surface area contributed by atoms with E-state index in [0.717, 1.165) is 23.3 Å². The molecule has 1 aromatic rings. The molecule has 1 nitrogen and oxygen atoms in total. The van der Waals surface area contributed by atoms with Gasteiger partial charge >= 0.3 is 0 Å². The molecule has 3 heteroatoms. The smallest absolute Gasteiger partial charge is 0.123 e. The summed E-state index contributed by atoms with van der Waals surface area (Å²) in [7, 11) is 0. The van der Waals surface area contributed by atoms with E-state index < -0.39 is 0 Å². The van der Waals surface area contributed by atoms with E-state index in [-0.39, 0.29) is 11.9 Å². The highest BCUT2D eigenvalue weighted by Gasteiger charge is 2.22. The lowest BCUT2D eigenvalue weighted by Gasteiger charge is -2.26. The Labute approximate surface area is 106 Å². The van der Waals surface area contributed by atoms with Gasteiger partial charge in [-0.05, 0) is 55.2 Å². The van der Waals surface area contributed by atoms with E-state index in [0.29, 0.717) is 11.7 Å². The van der Waals surface area contributed by atoms with Gasteiger partial charge in [-0.25, -0.2) is 4.39 Å². The summed E-state index contributed by atoms with van der Waals surface area (Å²) >= 11 is 1.86. The highest BCUT2D eigenvalue weighted by molar-refractivity contribution is 8.00. The number of benzene rings is 1. The number of hydrogen-bond acceptors (Lipinski definition) is 2. The number of aliphatic hydroxyl groups is 1. The molecule has 17 heavy (non-hydrogen) atoms. The molecule has 1 N–H and O–H groups in total. The number of aryl methyl sites for hydroxylation is 1. The van der Waals surface area contributed by atoms with Gasteiger partial charge in [-0.15, -0.1) is 0 Å². The number of rotatable bonds is 3. The molecular formula is C14H19FOS. The van der Waals surface area contributed by atoms with Crippen molar-refractivity contribution in [2.45, 2.75) is 44.0 Å². The number of hydrogen-bond donors (Lipinski definition) is 1. The fourth-order valence-corrected chi connectivity index (χ4v) is 3.61. The molecule has 0 amide bonds. The highest BCUT2D eigenvalue weighted by Crippen LogP contribution is 2.29. The summed E-state index contributed by atoms with van der Waals surface area (Å²) < 4.78 is 13.2. The lowest BCUT2D eigenvalue weighted by Crippen LogP contribution is -2.28. The molecule has 2 atom stereocenters. The first kappa shape index (κ1) is 12.9. The molecule has 2 unspecified atom stereocenters. The molecule has 0 aliphatic carbocycles. The van der Waals surface area contributed by atoms with Gasteiger partial charge in [-0.2, -0.15) is 11.8 Å². The Morgan fingerprint density at radius 2 is 2.29 bits per heavy atom. The van der Waals surface area contributed by atoms with Crippen molar-refractivity contribution in [1.29, 1.82) is 0 Å². The standard InChI is InChI=1S/C14H19FOS/c1-10-5-6-12(15)8-11(10)9-13(16)14-4-2-3-7-17-14/h5-6,8,13-14,16H,2-4,7,9H2,1H3. The van der Waals surface area contributed by atoms with Crippen LogP contribution in [0.25, 0.3) is 0 Å². The van der Waals surface area contributed by atoms with Crippen molar-refractivity contribution in [2.24, 2.45) is 0 Å². The van der Waals surface area contributed by atoms with Gasteiger partial charge in [0.25, 0.3) is 0 Å². The van der Waals surface area contributed by atoms with Crippen molar-refractivity contribution in [3.05, 3.63) is 35.1 Å². The Bertz CT molecular complexity index is 374. The first-order valence-corrected chi connectivity index (χ1v) is 7.26.